The van der Waals surface area contributed by atoms with E-state index in [1.807, 2.05) is 77.9 Å². The SMILES string of the molecule is O=C(OC1=CC=CC=CN1Cc1ccccc1)c1ccccc1. The summed E-state index contributed by atoms with van der Waals surface area (Å²) >= 11 is 0. The summed E-state index contributed by atoms with van der Waals surface area (Å²) < 4.78 is 5.59. The Labute approximate surface area is 135 Å². The highest BCUT2D eigenvalue weighted by Gasteiger charge is 2.15. The second-order valence-electron chi connectivity index (χ2n) is 5.10. The first-order chi connectivity index (χ1) is 11.3. The molecule has 0 fully saturated rings. The van der Waals surface area contributed by atoms with Crippen LogP contribution in [0.5, 0.6) is 0 Å². The molecule has 0 aromatic heterocycles. The molecule has 0 saturated carbocycles. The van der Waals surface area contributed by atoms with Gasteiger partial charge in [-0.05, 0) is 29.8 Å². The largest absolute Gasteiger partial charge is 0.406 e. The number of hydrogen-bond donors (Lipinski definition) is 0. The number of carbonyl (C=O) groups excluding carboxylic acids is 1. The summed E-state index contributed by atoms with van der Waals surface area (Å²) in [6.45, 7) is 0.632. The van der Waals surface area contributed by atoms with Crippen molar-refractivity contribution >= 4 is 5.97 Å². The zero-order valence-corrected chi connectivity index (χ0v) is 12.6. The van der Waals surface area contributed by atoms with Gasteiger partial charge in [0, 0.05) is 6.20 Å². The number of nitrogens with zero attached hydrogens (tertiary/aromatic N) is 1. The van der Waals surface area contributed by atoms with Gasteiger partial charge in [0.2, 0.25) is 5.88 Å². The van der Waals surface area contributed by atoms with Gasteiger partial charge in [-0.2, -0.15) is 0 Å². The van der Waals surface area contributed by atoms with Crippen LogP contribution < -0.4 is 0 Å². The number of esters is 1. The third-order valence-corrected chi connectivity index (χ3v) is 3.41. The Morgan fingerprint density at radius 2 is 1.57 bits per heavy atom. The summed E-state index contributed by atoms with van der Waals surface area (Å²) in [5, 5.41) is 0. The van der Waals surface area contributed by atoms with E-state index in [1.165, 1.54) is 0 Å². The zero-order chi connectivity index (χ0) is 15.9. The summed E-state index contributed by atoms with van der Waals surface area (Å²) in [5.41, 5.74) is 1.67. The van der Waals surface area contributed by atoms with Crippen LogP contribution in [0.15, 0.2) is 97.1 Å². The van der Waals surface area contributed by atoms with E-state index in [-0.39, 0.29) is 5.97 Å². The van der Waals surface area contributed by atoms with Gasteiger partial charge < -0.3 is 9.64 Å². The first-order valence-corrected chi connectivity index (χ1v) is 7.46. The summed E-state index contributed by atoms with van der Waals surface area (Å²) in [4.78, 5) is 14.2. The number of allylic oxidation sites excluding steroid dienone is 4. The van der Waals surface area contributed by atoms with Crippen molar-refractivity contribution in [1.82, 2.24) is 4.90 Å². The van der Waals surface area contributed by atoms with Crippen LogP contribution in [0, 0.1) is 0 Å². The number of rotatable bonds is 4. The monoisotopic (exact) mass is 303 g/mol. The van der Waals surface area contributed by atoms with Gasteiger partial charge in [0.05, 0.1) is 12.1 Å². The third-order valence-electron chi connectivity index (χ3n) is 3.41. The lowest BCUT2D eigenvalue weighted by molar-refractivity contribution is 0.0532. The molecule has 0 N–H and O–H groups in total. The first kappa shape index (κ1) is 14.9. The van der Waals surface area contributed by atoms with Crippen LogP contribution in [0.4, 0.5) is 0 Å². The predicted octanol–water partition coefficient (Wildman–Crippen LogP) is 4.27. The van der Waals surface area contributed by atoms with Crippen molar-refractivity contribution in [2.75, 3.05) is 0 Å². The molecule has 2 aromatic rings. The second kappa shape index (κ2) is 7.27. The lowest BCUT2D eigenvalue weighted by Crippen LogP contribution is -2.20. The molecule has 0 aliphatic carbocycles. The Kier molecular flexibility index (Phi) is 4.69. The summed E-state index contributed by atoms with van der Waals surface area (Å²) in [7, 11) is 0. The number of hydrogen-bond acceptors (Lipinski definition) is 3. The molecule has 1 aliphatic rings. The van der Waals surface area contributed by atoms with Crippen LogP contribution in [0.2, 0.25) is 0 Å². The molecule has 23 heavy (non-hydrogen) atoms. The highest BCUT2D eigenvalue weighted by atomic mass is 16.5. The van der Waals surface area contributed by atoms with E-state index in [0.29, 0.717) is 18.0 Å². The van der Waals surface area contributed by atoms with E-state index in [1.54, 1.807) is 18.2 Å². The van der Waals surface area contributed by atoms with Crippen LogP contribution >= 0.6 is 0 Å². The van der Waals surface area contributed by atoms with E-state index in [9.17, 15) is 4.79 Å². The average Bonchev–Trinajstić information content (AvgIpc) is 2.82. The molecule has 0 saturated heterocycles. The molecular formula is C20H17NO2. The maximum Gasteiger partial charge on any atom is 0.344 e. The Morgan fingerprint density at radius 1 is 0.870 bits per heavy atom. The molecule has 0 radical (unpaired) electrons. The van der Waals surface area contributed by atoms with Crippen molar-refractivity contribution < 1.29 is 9.53 Å². The van der Waals surface area contributed by atoms with Gasteiger partial charge >= 0.3 is 5.97 Å². The minimum Gasteiger partial charge on any atom is -0.406 e. The molecule has 1 aliphatic heterocycles. The van der Waals surface area contributed by atoms with Crippen LogP contribution in [-0.4, -0.2) is 10.9 Å². The smallest absolute Gasteiger partial charge is 0.344 e. The maximum absolute atomic E-state index is 12.3. The van der Waals surface area contributed by atoms with E-state index >= 15 is 0 Å². The molecule has 3 rings (SSSR count). The maximum atomic E-state index is 12.3. The predicted molar refractivity (Wildman–Crippen MR) is 90.2 cm³/mol. The molecule has 0 unspecified atom stereocenters. The minimum atomic E-state index is -0.362. The highest BCUT2D eigenvalue weighted by Crippen LogP contribution is 2.17. The third kappa shape index (κ3) is 3.98. The fourth-order valence-electron chi connectivity index (χ4n) is 2.26. The quantitative estimate of drug-likeness (QED) is 0.790. The van der Waals surface area contributed by atoms with Crippen LogP contribution in [0.25, 0.3) is 0 Å². The molecule has 1 heterocycles. The Balaban J connectivity index is 1.77. The number of benzene rings is 2. The Hall–Kier alpha value is -3.07. The van der Waals surface area contributed by atoms with Gasteiger partial charge in [-0.3, -0.25) is 0 Å². The Bertz CT molecular complexity index is 746. The summed E-state index contributed by atoms with van der Waals surface area (Å²) in [5.74, 6) is 0.145. The van der Waals surface area contributed by atoms with E-state index in [0.717, 1.165) is 5.56 Å². The second-order valence-corrected chi connectivity index (χ2v) is 5.10. The molecule has 3 nitrogen and oxygen atoms in total. The minimum absolute atomic E-state index is 0.362. The van der Waals surface area contributed by atoms with Crippen LogP contribution in [0.3, 0.4) is 0 Å². The van der Waals surface area contributed by atoms with Crippen LogP contribution in [-0.2, 0) is 11.3 Å². The lowest BCUT2D eigenvalue weighted by Gasteiger charge is -2.22. The average molecular weight is 303 g/mol. The normalized spacial score (nSPS) is 13.4. The van der Waals surface area contributed by atoms with Gasteiger partial charge in [0.25, 0.3) is 0 Å². The van der Waals surface area contributed by atoms with Crippen molar-refractivity contribution in [3.05, 3.63) is 108 Å². The van der Waals surface area contributed by atoms with Crippen molar-refractivity contribution in [3.8, 4) is 0 Å². The molecule has 0 amide bonds. The molecule has 0 spiro atoms. The molecule has 0 atom stereocenters. The van der Waals surface area contributed by atoms with Crippen molar-refractivity contribution in [1.29, 1.82) is 0 Å². The fourth-order valence-corrected chi connectivity index (χ4v) is 2.26. The summed E-state index contributed by atoms with van der Waals surface area (Å²) in [6, 6.07) is 19.1. The zero-order valence-electron chi connectivity index (χ0n) is 12.6. The standard InChI is InChI=1S/C20H17NO2/c22-20(18-12-6-2-7-13-18)23-19-14-8-3-9-15-21(19)16-17-10-4-1-5-11-17/h1-15H,16H2. The van der Waals surface area contributed by atoms with Crippen molar-refractivity contribution in [3.63, 3.8) is 0 Å². The van der Waals surface area contributed by atoms with Gasteiger partial charge in [-0.25, -0.2) is 4.79 Å². The number of ether oxygens (including phenoxy) is 1. The molecular weight excluding hydrogens is 286 g/mol. The first-order valence-electron chi connectivity index (χ1n) is 7.46. The molecule has 3 heteroatoms. The molecule has 0 bridgehead atoms. The van der Waals surface area contributed by atoms with Gasteiger partial charge in [0.15, 0.2) is 0 Å². The molecule has 114 valence electrons. The topological polar surface area (TPSA) is 29.5 Å². The van der Waals surface area contributed by atoms with E-state index in [4.69, 9.17) is 4.74 Å². The molecule has 2 aromatic carbocycles. The van der Waals surface area contributed by atoms with Gasteiger partial charge in [0.1, 0.15) is 0 Å². The van der Waals surface area contributed by atoms with Crippen LogP contribution in [0.1, 0.15) is 15.9 Å². The highest BCUT2D eigenvalue weighted by molar-refractivity contribution is 5.90. The Morgan fingerprint density at radius 3 is 2.30 bits per heavy atom. The van der Waals surface area contributed by atoms with Crippen molar-refractivity contribution in [2.24, 2.45) is 0 Å². The van der Waals surface area contributed by atoms with Gasteiger partial charge in [-0.1, -0.05) is 60.7 Å². The summed E-state index contributed by atoms with van der Waals surface area (Å²) in [6.07, 6.45) is 9.38. The lowest BCUT2D eigenvalue weighted by atomic mass is 10.2. The van der Waals surface area contributed by atoms with E-state index < -0.39 is 0 Å². The fraction of sp³-hybridized carbons (Fsp3) is 0.0500. The number of carbonyl (C=O) groups is 1. The van der Waals surface area contributed by atoms with E-state index in [2.05, 4.69) is 0 Å². The van der Waals surface area contributed by atoms with Crippen molar-refractivity contribution in [2.45, 2.75) is 6.54 Å². The van der Waals surface area contributed by atoms with Gasteiger partial charge in [-0.15, -0.1) is 0 Å².